The first-order valence-electron chi connectivity index (χ1n) is 8.36. The molecule has 168 valence electrons. The number of hydrogen-bond donors (Lipinski definition) is 1. The van der Waals surface area contributed by atoms with E-state index in [1.165, 1.54) is 13.0 Å². The van der Waals surface area contributed by atoms with E-state index in [0.717, 1.165) is 24.4 Å². The SMILES string of the molecule is Cc1c(OCC(F)(F)F)ccnc1CS(=O)(=O)c1nc2cc(OC(F)(F)F)ccc2[nH]1. The molecule has 3 aromatic rings. The zero-order valence-corrected chi connectivity index (χ0v) is 16.3. The number of ether oxygens (including phenoxy) is 2. The molecule has 0 atom stereocenters. The van der Waals surface area contributed by atoms with Gasteiger partial charge >= 0.3 is 12.5 Å². The summed E-state index contributed by atoms with van der Waals surface area (Å²) < 4.78 is 108. The molecule has 14 heteroatoms. The number of hydrogen-bond acceptors (Lipinski definition) is 6. The Morgan fingerprint density at radius 1 is 1.10 bits per heavy atom. The Bertz CT molecular complexity index is 1200. The Morgan fingerprint density at radius 2 is 1.81 bits per heavy atom. The van der Waals surface area contributed by atoms with Gasteiger partial charge in [0.2, 0.25) is 15.0 Å². The second-order valence-corrected chi connectivity index (χ2v) is 8.22. The number of aromatic nitrogens is 3. The number of sulfone groups is 1. The highest BCUT2D eigenvalue weighted by Gasteiger charge is 2.32. The normalized spacial score (nSPS) is 12.9. The van der Waals surface area contributed by atoms with Crippen molar-refractivity contribution in [3.05, 3.63) is 41.7 Å². The molecule has 1 N–H and O–H groups in total. The maximum absolute atomic E-state index is 12.7. The number of nitrogens with zero attached hydrogens (tertiary/aromatic N) is 2. The van der Waals surface area contributed by atoms with Crippen LogP contribution in [0.5, 0.6) is 11.5 Å². The summed E-state index contributed by atoms with van der Waals surface area (Å²) in [6.07, 6.45) is -8.41. The van der Waals surface area contributed by atoms with E-state index in [9.17, 15) is 34.8 Å². The molecule has 0 aliphatic heterocycles. The number of H-pyrrole nitrogens is 1. The van der Waals surface area contributed by atoms with Gasteiger partial charge in [-0.25, -0.2) is 13.4 Å². The molecule has 2 aromatic heterocycles. The predicted octanol–water partition coefficient (Wildman–Crippen LogP) is 4.08. The van der Waals surface area contributed by atoms with Gasteiger partial charge in [-0.1, -0.05) is 0 Å². The van der Waals surface area contributed by atoms with Gasteiger partial charge in [-0.2, -0.15) is 13.2 Å². The van der Waals surface area contributed by atoms with E-state index >= 15 is 0 Å². The summed E-state index contributed by atoms with van der Waals surface area (Å²) in [5.74, 6) is -1.49. The summed E-state index contributed by atoms with van der Waals surface area (Å²) in [6.45, 7) is -0.209. The van der Waals surface area contributed by atoms with Crippen molar-refractivity contribution in [2.45, 2.75) is 30.4 Å². The average molecular weight is 469 g/mol. The van der Waals surface area contributed by atoms with Gasteiger partial charge in [0.25, 0.3) is 0 Å². The lowest BCUT2D eigenvalue weighted by Crippen LogP contribution is -2.20. The fourth-order valence-corrected chi connectivity index (χ4v) is 3.87. The van der Waals surface area contributed by atoms with Gasteiger partial charge in [0, 0.05) is 17.8 Å². The Labute approximate surface area is 170 Å². The molecule has 0 amide bonds. The largest absolute Gasteiger partial charge is 0.573 e. The van der Waals surface area contributed by atoms with E-state index in [2.05, 4.69) is 24.4 Å². The van der Waals surface area contributed by atoms with E-state index < -0.39 is 45.6 Å². The quantitative estimate of drug-likeness (QED) is 0.547. The van der Waals surface area contributed by atoms with Crippen LogP contribution in [0.4, 0.5) is 26.3 Å². The number of pyridine rings is 1. The Balaban J connectivity index is 1.86. The highest BCUT2D eigenvalue weighted by molar-refractivity contribution is 7.90. The van der Waals surface area contributed by atoms with E-state index in [1.807, 2.05) is 0 Å². The van der Waals surface area contributed by atoms with Gasteiger partial charge in [-0.15, -0.1) is 13.2 Å². The van der Waals surface area contributed by atoms with Gasteiger partial charge in [0.1, 0.15) is 17.3 Å². The van der Waals surface area contributed by atoms with Gasteiger partial charge in [0.05, 0.1) is 16.7 Å². The lowest BCUT2D eigenvalue weighted by molar-refractivity contribution is -0.274. The molecule has 7 nitrogen and oxygen atoms in total. The van der Waals surface area contributed by atoms with E-state index in [0.29, 0.717) is 0 Å². The van der Waals surface area contributed by atoms with Crippen LogP contribution in [0, 0.1) is 6.92 Å². The molecule has 0 aliphatic rings. The highest BCUT2D eigenvalue weighted by atomic mass is 32.2. The number of alkyl halides is 6. The minimum Gasteiger partial charge on any atom is -0.484 e. The van der Waals surface area contributed by atoms with Crippen LogP contribution in [0.2, 0.25) is 0 Å². The topological polar surface area (TPSA) is 94.2 Å². The minimum atomic E-state index is -4.93. The van der Waals surface area contributed by atoms with E-state index in [4.69, 9.17) is 0 Å². The molecule has 0 radical (unpaired) electrons. The summed E-state index contributed by atoms with van der Waals surface area (Å²) in [4.78, 5) is 10.2. The number of nitrogens with one attached hydrogen (secondary N) is 1. The number of halogens is 6. The summed E-state index contributed by atoms with van der Waals surface area (Å²) in [5.41, 5.74) is 0.0702. The summed E-state index contributed by atoms with van der Waals surface area (Å²) in [5, 5.41) is -0.547. The van der Waals surface area contributed by atoms with Crippen LogP contribution in [0.3, 0.4) is 0 Å². The lowest BCUT2D eigenvalue weighted by Gasteiger charge is -2.13. The summed E-state index contributed by atoms with van der Waals surface area (Å²) >= 11 is 0. The summed E-state index contributed by atoms with van der Waals surface area (Å²) in [6, 6.07) is 4.23. The van der Waals surface area contributed by atoms with Crippen LogP contribution in [0.25, 0.3) is 11.0 Å². The van der Waals surface area contributed by atoms with Gasteiger partial charge < -0.3 is 14.5 Å². The maximum atomic E-state index is 12.7. The first-order chi connectivity index (χ1) is 14.2. The molecule has 3 rings (SSSR count). The lowest BCUT2D eigenvalue weighted by atomic mass is 10.2. The van der Waals surface area contributed by atoms with Crippen molar-refractivity contribution in [1.29, 1.82) is 0 Å². The molecule has 0 bridgehead atoms. The van der Waals surface area contributed by atoms with Crippen molar-refractivity contribution in [2.75, 3.05) is 6.61 Å². The molecular weight excluding hydrogens is 456 g/mol. The van der Waals surface area contributed by atoms with E-state index in [1.54, 1.807) is 0 Å². The maximum Gasteiger partial charge on any atom is 0.573 e. The molecular formula is C17H13F6N3O4S. The van der Waals surface area contributed by atoms with Crippen molar-refractivity contribution in [1.82, 2.24) is 15.0 Å². The average Bonchev–Trinajstić information content (AvgIpc) is 3.04. The second kappa shape index (κ2) is 7.90. The third kappa shape index (κ3) is 5.77. The monoisotopic (exact) mass is 469 g/mol. The van der Waals surface area contributed by atoms with Crippen LogP contribution in [0.1, 0.15) is 11.3 Å². The van der Waals surface area contributed by atoms with Crippen LogP contribution < -0.4 is 9.47 Å². The number of rotatable bonds is 6. The van der Waals surface area contributed by atoms with Gasteiger partial charge in [0.15, 0.2) is 6.61 Å². The molecule has 0 saturated heterocycles. The molecule has 0 unspecified atom stereocenters. The van der Waals surface area contributed by atoms with Gasteiger partial charge in [-0.3, -0.25) is 4.98 Å². The van der Waals surface area contributed by atoms with Crippen molar-refractivity contribution in [3.63, 3.8) is 0 Å². The molecule has 0 fully saturated rings. The Kier molecular flexibility index (Phi) is 5.78. The molecule has 0 saturated carbocycles. The van der Waals surface area contributed by atoms with E-state index in [-0.39, 0.29) is 28.0 Å². The van der Waals surface area contributed by atoms with Crippen LogP contribution in [-0.4, -0.2) is 42.5 Å². The van der Waals surface area contributed by atoms with Gasteiger partial charge in [-0.05, 0) is 25.1 Å². The summed E-state index contributed by atoms with van der Waals surface area (Å²) in [7, 11) is -4.18. The van der Waals surface area contributed by atoms with Crippen molar-refractivity contribution < 1.29 is 44.2 Å². The number of aromatic amines is 1. The standard InChI is InChI=1S/C17H13F6N3O4S/c1-9-13(24-5-4-14(9)29-8-16(18,19)20)7-31(27,28)15-25-11-3-2-10(6-12(11)26-15)30-17(21,22)23/h2-6H,7-8H2,1H3,(H,25,26). The molecule has 1 aromatic carbocycles. The zero-order chi connectivity index (χ0) is 23.0. The molecule has 0 spiro atoms. The zero-order valence-electron chi connectivity index (χ0n) is 15.5. The third-order valence-corrected chi connectivity index (χ3v) is 5.37. The first kappa shape index (κ1) is 22.7. The highest BCUT2D eigenvalue weighted by Crippen LogP contribution is 2.28. The molecule has 2 heterocycles. The molecule has 0 aliphatic carbocycles. The smallest absolute Gasteiger partial charge is 0.484 e. The van der Waals surface area contributed by atoms with Crippen molar-refractivity contribution >= 4 is 20.9 Å². The third-order valence-electron chi connectivity index (χ3n) is 3.94. The van der Waals surface area contributed by atoms with Crippen LogP contribution >= 0.6 is 0 Å². The predicted molar refractivity (Wildman–Crippen MR) is 94.2 cm³/mol. The fraction of sp³-hybridized carbons (Fsp3) is 0.294. The van der Waals surface area contributed by atoms with Crippen LogP contribution in [0.15, 0.2) is 35.6 Å². The Hall–Kier alpha value is -3.03. The Morgan fingerprint density at radius 3 is 2.45 bits per heavy atom. The van der Waals surface area contributed by atoms with Crippen molar-refractivity contribution in [3.8, 4) is 11.5 Å². The van der Waals surface area contributed by atoms with Crippen molar-refractivity contribution in [2.24, 2.45) is 0 Å². The number of benzene rings is 1. The number of imidazole rings is 1. The molecule has 31 heavy (non-hydrogen) atoms. The number of fused-ring (bicyclic) bond motifs is 1. The first-order valence-corrected chi connectivity index (χ1v) is 10.0. The van der Waals surface area contributed by atoms with Crippen LogP contribution in [-0.2, 0) is 15.6 Å². The second-order valence-electron chi connectivity index (χ2n) is 6.31. The minimum absolute atomic E-state index is 0.0683. The fourth-order valence-electron chi connectivity index (χ4n) is 2.58.